The molecule has 1 fully saturated rings. The third-order valence-corrected chi connectivity index (χ3v) is 6.19. The maximum atomic E-state index is 12.7. The van der Waals surface area contributed by atoms with Gasteiger partial charge in [0.2, 0.25) is 0 Å². The second-order valence-electron chi connectivity index (χ2n) is 6.85. The fourth-order valence-electron chi connectivity index (χ4n) is 3.73. The molecule has 2 N–H and O–H groups in total. The Balaban J connectivity index is 1.76. The summed E-state index contributed by atoms with van der Waals surface area (Å²) >= 11 is 1.73. The van der Waals surface area contributed by atoms with E-state index in [9.17, 15) is 9.90 Å². The summed E-state index contributed by atoms with van der Waals surface area (Å²) in [6.07, 6.45) is 8.52. The molecule has 21 heavy (non-hydrogen) atoms. The molecule has 116 valence electrons. The molecular formula is C17H25NO2S. The molecule has 0 saturated heterocycles. The Labute approximate surface area is 130 Å². The number of rotatable bonds is 3. The van der Waals surface area contributed by atoms with Crippen molar-refractivity contribution in [2.45, 2.75) is 63.8 Å². The van der Waals surface area contributed by atoms with Crippen LogP contribution in [0.2, 0.25) is 0 Å². The van der Waals surface area contributed by atoms with Crippen LogP contribution in [0.25, 0.3) is 0 Å². The quantitative estimate of drug-likeness (QED) is 0.900. The zero-order chi connectivity index (χ0) is 14.9. The molecule has 0 aromatic carbocycles. The predicted molar refractivity (Wildman–Crippen MR) is 85.9 cm³/mol. The number of carbonyl (C=O) groups is 1. The van der Waals surface area contributed by atoms with E-state index in [2.05, 4.69) is 12.2 Å². The number of hydrogen-bond acceptors (Lipinski definition) is 3. The van der Waals surface area contributed by atoms with Gasteiger partial charge in [-0.3, -0.25) is 4.79 Å². The van der Waals surface area contributed by atoms with E-state index in [0.717, 1.165) is 50.0 Å². The average Bonchev–Trinajstić information content (AvgIpc) is 2.91. The smallest absolute Gasteiger partial charge is 0.252 e. The molecule has 0 radical (unpaired) electrons. The third-order valence-electron chi connectivity index (χ3n) is 5.14. The Bertz CT molecular complexity index is 517. The van der Waals surface area contributed by atoms with Gasteiger partial charge in [0, 0.05) is 10.3 Å². The Morgan fingerprint density at radius 3 is 2.90 bits per heavy atom. The molecule has 4 heteroatoms. The van der Waals surface area contributed by atoms with Crippen molar-refractivity contribution in [3.8, 4) is 0 Å². The molecule has 0 aliphatic heterocycles. The van der Waals surface area contributed by atoms with Crippen molar-refractivity contribution < 1.29 is 9.90 Å². The van der Waals surface area contributed by atoms with Crippen LogP contribution in [0.3, 0.4) is 0 Å². The first-order chi connectivity index (χ1) is 10.1. The lowest BCUT2D eigenvalue weighted by Gasteiger charge is -2.36. The van der Waals surface area contributed by atoms with E-state index in [4.69, 9.17) is 0 Å². The van der Waals surface area contributed by atoms with Crippen LogP contribution >= 0.6 is 11.3 Å². The molecule has 3 nitrogen and oxygen atoms in total. The summed E-state index contributed by atoms with van der Waals surface area (Å²) in [4.78, 5) is 14.1. The van der Waals surface area contributed by atoms with Crippen LogP contribution in [0.1, 0.15) is 66.2 Å². The molecule has 0 spiro atoms. The Kier molecular flexibility index (Phi) is 4.36. The first-order valence-corrected chi connectivity index (χ1v) is 9.04. The summed E-state index contributed by atoms with van der Waals surface area (Å²) in [5.41, 5.74) is 1.74. The number of nitrogens with one attached hydrogen (secondary N) is 1. The summed E-state index contributed by atoms with van der Waals surface area (Å²) < 4.78 is 0. The van der Waals surface area contributed by atoms with Gasteiger partial charge in [-0.2, -0.15) is 0 Å². The highest BCUT2D eigenvalue weighted by Gasteiger charge is 2.34. The Morgan fingerprint density at radius 1 is 1.43 bits per heavy atom. The van der Waals surface area contributed by atoms with Gasteiger partial charge >= 0.3 is 0 Å². The van der Waals surface area contributed by atoms with Gasteiger partial charge in [-0.1, -0.05) is 26.2 Å². The van der Waals surface area contributed by atoms with Crippen LogP contribution in [0.4, 0.5) is 0 Å². The maximum Gasteiger partial charge on any atom is 0.252 e. The zero-order valence-electron chi connectivity index (χ0n) is 12.8. The summed E-state index contributed by atoms with van der Waals surface area (Å²) in [6.45, 7) is 2.34. The second kappa shape index (κ2) is 6.09. The number of hydrogen-bond donors (Lipinski definition) is 2. The maximum absolute atomic E-state index is 12.7. The van der Waals surface area contributed by atoms with Gasteiger partial charge in [0.05, 0.1) is 17.7 Å². The summed E-state index contributed by atoms with van der Waals surface area (Å²) in [5, 5.41) is 14.9. The highest BCUT2D eigenvalue weighted by Crippen LogP contribution is 2.34. The van der Waals surface area contributed by atoms with E-state index < -0.39 is 0 Å². The molecule has 2 aliphatic carbocycles. The molecule has 1 heterocycles. The highest BCUT2D eigenvalue weighted by molar-refractivity contribution is 7.10. The van der Waals surface area contributed by atoms with E-state index >= 15 is 0 Å². The minimum Gasteiger partial charge on any atom is -0.394 e. The Hall–Kier alpha value is -0.870. The van der Waals surface area contributed by atoms with Crippen LogP contribution in [-0.2, 0) is 12.8 Å². The lowest BCUT2D eigenvalue weighted by Crippen LogP contribution is -2.52. The van der Waals surface area contributed by atoms with Gasteiger partial charge < -0.3 is 10.4 Å². The van der Waals surface area contributed by atoms with Gasteiger partial charge in [-0.15, -0.1) is 11.3 Å². The molecule has 0 bridgehead atoms. The first kappa shape index (κ1) is 15.0. The van der Waals surface area contributed by atoms with Gasteiger partial charge in [0.25, 0.3) is 5.91 Å². The van der Waals surface area contributed by atoms with E-state index in [1.807, 2.05) is 5.38 Å². The molecule has 1 unspecified atom stereocenters. The fraction of sp³-hybridized carbons (Fsp3) is 0.706. The van der Waals surface area contributed by atoms with E-state index in [1.165, 1.54) is 23.3 Å². The van der Waals surface area contributed by atoms with Crippen molar-refractivity contribution in [3.63, 3.8) is 0 Å². The fourth-order valence-corrected chi connectivity index (χ4v) is 4.97. The second-order valence-corrected chi connectivity index (χ2v) is 7.82. The standard InChI is InChI=1S/C17H25NO2S/c1-12-5-6-13-14(10-21-15(13)9-12)16(20)18-17(11-19)7-3-2-4-8-17/h10,12,19H,2-9,11H2,1H3,(H,18,20). The largest absolute Gasteiger partial charge is 0.394 e. The molecule has 1 aromatic rings. The minimum atomic E-state index is -0.383. The van der Waals surface area contributed by atoms with Crippen LogP contribution in [0.5, 0.6) is 0 Å². The molecule has 1 aromatic heterocycles. The topological polar surface area (TPSA) is 49.3 Å². The van der Waals surface area contributed by atoms with Gasteiger partial charge in [0.15, 0.2) is 0 Å². The zero-order valence-corrected chi connectivity index (χ0v) is 13.6. The number of fused-ring (bicyclic) bond motifs is 1. The average molecular weight is 307 g/mol. The predicted octanol–water partition coefficient (Wildman–Crippen LogP) is 3.30. The van der Waals surface area contributed by atoms with E-state index in [0.29, 0.717) is 0 Å². The molecule has 1 atom stereocenters. The summed E-state index contributed by atoms with van der Waals surface area (Å²) in [7, 11) is 0. The lowest BCUT2D eigenvalue weighted by molar-refractivity contribution is 0.0758. The SMILES string of the molecule is CC1CCc2c(C(=O)NC3(CO)CCCCC3)csc2C1. The number of aliphatic hydroxyl groups excluding tert-OH is 1. The normalized spacial score (nSPS) is 24.4. The molecule has 1 saturated carbocycles. The van der Waals surface area contributed by atoms with E-state index in [-0.39, 0.29) is 18.1 Å². The van der Waals surface area contributed by atoms with Crippen LogP contribution in [0, 0.1) is 5.92 Å². The van der Waals surface area contributed by atoms with Crippen molar-refractivity contribution in [1.82, 2.24) is 5.32 Å². The molecule has 3 rings (SSSR count). The van der Waals surface area contributed by atoms with Crippen molar-refractivity contribution in [1.29, 1.82) is 0 Å². The van der Waals surface area contributed by atoms with Crippen molar-refractivity contribution in [3.05, 3.63) is 21.4 Å². The van der Waals surface area contributed by atoms with Gasteiger partial charge in [0.1, 0.15) is 0 Å². The van der Waals surface area contributed by atoms with Crippen LogP contribution < -0.4 is 5.32 Å². The highest BCUT2D eigenvalue weighted by atomic mass is 32.1. The molecule has 2 aliphatic rings. The number of carbonyl (C=O) groups excluding carboxylic acids is 1. The van der Waals surface area contributed by atoms with Crippen LogP contribution in [-0.4, -0.2) is 23.2 Å². The van der Waals surface area contributed by atoms with Crippen LogP contribution in [0.15, 0.2) is 5.38 Å². The lowest BCUT2D eigenvalue weighted by atomic mass is 9.82. The van der Waals surface area contributed by atoms with Gasteiger partial charge in [-0.25, -0.2) is 0 Å². The number of amides is 1. The number of thiophene rings is 1. The molecular weight excluding hydrogens is 282 g/mol. The van der Waals surface area contributed by atoms with Crippen molar-refractivity contribution in [2.24, 2.45) is 5.92 Å². The summed E-state index contributed by atoms with van der Waals surface area (Å²) in [6, 6.07) is 0. The first-order valence-electron chi connectivity index (χ1n) is 8.16. The van der Waals surface area contributed by atoms with E-state index in [1.54, 1.807) is 11.3 Å². The van der Waals surface area contributed by atoms with Crippen molar-refractivity contribution in [2.75, 3.05) is 6.61 Å². The van der Waals surface area contributed by atoms with Crippen molar-refractivity contribution >= 4 is 17.2 Å². The monoisotopic (exact) mass is 307 g/mol. The summed E-state index contributed by atoms with van der Waals surface area (Å²) in [5.74, 6) is 0.757. The number of aliphatic hydroxyl groups is 1. The minimum absolute atomic E-state index is 0.0259. The Morgan fingerprint density at radius 2 is 2.19 bits per heavy atom. The molecule has 1 amide bonds. The third kappa shape index (κ3) is 3.02. The van der Waals surface area contributed by atoms with Gasteiger partial charge in [-0.05, 0) is 43.6 Å².